The first-order valence-corrected chi connectivity index (χ1v) is 12.4. The normalized spacial score (nSPS) is 11.8. The molecule has 208 valence electrons. The molecule has 0 atom stereocenters. The quantitative estimate of drug-likeness (QED) is 0.303. The minimum Gasteiger partial charge on any atom is -0.478 e. The third-order valence-corrected chi connectivity index (χ3v) is 6.45. The minimum atomic E-state index is -4.54. The molecular weight excluding hydrogens is 549 g/mol. The van der Waals surface area contributed by atoms with Crippen LogP contribution in [0.2, 0.25) is 5.02 Å². The summed E-state index contributed by atoms with van der Waals surface area (Å²) < 4.78 is 41.8. The first-order chi connectivity index (χ1) is 18.7. The third-order valence-electron chi connectivity index (χ3n) is 6.20. The fourth-order valence-electron chi connectivity index (χ4n) is 4.16. The van der Waals surface area contributed by atoms with Gasteiger partial charge in [0, 0.05) is 10.6 Å². The van der Waals surface area contributed by atoms with Gasteiger partial charge in [-0.05, 0) is 73.5 Å². The van der Waals surface area contributed by atoms with Crippen LogP contribution in [0.4, 0.5) is 13.2 Å². The number of alkyl halides is 3. The number of amides is 1. The van der Waals surface area contributed by atoms with Gasteiger partial charge in [-0.15, -0.1) is 5.10 Å². The first-order valence-electron chi connectivity index (χ1n) is 12.0. The van der Waals surface area contributed by atoms with Crippen molar-refractivity contribution in [2.24, 2.45) is 0 Å². The summed E-state index contributed by atoms with van der Waals surface area (Å²) in [6, 6.07) is 17.2. The van der Waals surface area contributed by atoms with Crippen LogP contribution in [0.1, 0.15) is 40.9 Å². The molecule has 3 aromatic carbocycles. The summed E-state index contributed by atoms with van der Waals surface area (Å²) in [5, 5.41) is 16.8. The van der Waals surface area contributed by atoms with Crippen molar-refractivity contribution in [3.05, 3.63) is 111 Å². The average molecular weight is 573 g/mol. The number of carbonyl (C=O) groups is 2. The van der Waals surface area contributed by atoms with Crippen molar-refractivity contribution < 1.29 is 27.9 Å². The molecule has 0 radical (unpaired) electrons. The highest BCUT2D eigenvalue weighted by Crippen LogP contribution is 2.32. The first kappa shape index (κ1) is 28.6. The van der Waals surface area contributed by atoms with Crippen molar-refractivity contribution in [3.63, 3.8) is 0 Å². The molecule has 0 aliphatic heterocycles. The number of carbonyl (C=O) groups excluding carboxylic acids is 1. The largest absolute Gasteiger partial charge is 0.478 e. The molecular formula is C28H24ClF3N4O4. The van der Waals surface area contributed by atoms with E-state index in [0.29, 0.717) is 16.1 Å². The Bertz CT molecular complexity index is 1630. The van der Waals surface area contributed by atoms with Crippen LogP contribution in [0.5, 0.6) is 0 Å². The number of halogens is 4. The van der Waals surface area contributed by atoms with E-state index in [0.717, 1.165) is 16.8 Å². The number of hydrogen-bond acceptors (Lipinski definition) is 4. The number of rotatable bonds is 8. The topological polar surface area (TPSA) is 106 Å². The number of carboxylic acid groups (broad SMARTS) is 1. The van der Waals surface area contributed by atoms with E-state index in [1.807, 2.05) is 0 Å². The monoisotopic (exact) mass is 572 g/mol. The molecule has 0 fully saturated rings. The Labute approximate surface area is 231 Å². The van der Waals surface area contributed by atoms with Crippen LogP contribution in [0.25, 0.3) is 11.4 Å². The lowest BCUT2D eigenvalue weighted by Crippen LogP contribution is -2.44. The van der Waals surface area contributed by atoms with Gasteiger partial charge >= 0.3 is 17.8 Å². The fourth-order valence-corrected chi connectivity index (χ4v) is 4.29. The number of carboxylic acids is 1. The van der Waals surface area contributed by atoms with Crippen LogP contribution in [0.3, 0.4) is 0 Å². The second-order valence-corrected chi connectivity index (χ2v) is 10.1. The van der Waals surface area contributed by atoms with E-state index in [9.17, 15) is 32.7 Å². The van der Waals surface area contributed by atoms with E-state index in [1.165, 1.54) is 28.8 Å². The molecule has 0 saturated heterocycles. The van der Waals surface area contributed by atoms with Gasteiger partial charge in [-0.3, -0.25) is 9.36 Å². The van der Waals surface area contributed by atoms with E-state index >= 15 is 0 Å². The molecule has 40 heavy (non-hydrogen) atoms. The highest BCUT2D eigenvalue weighted by atomic mass is 35.5. The Hall–Kier alpha value is -4.38. The van der Waals surface area contributed by atoms with Gasteiger partial charge in [-0.2, -0.15) is 13.2 Å². The smallest absolute Gasteiger partial charge is 0.416 e. The van der Waals surface area contributed by atoms with Crippen LogP contribution in [-0.2, 0) is 29.6 Å². The fraction of sp³-hybridized carbons (Fsp3) is 0.214. The molecule has 2 N–H and O–H groups in total. The van der Waals surface area contributed by atoms with Crippen molar-refractivity contribution in [3.8, 4) is 11.4 Å². The van der Waals surface area contributed by atoms with E-state index in [1.54, 1.807) is 50.2 Å². The second kappa shape index (κ2) is 11.0. The van der Waals surface area contributed by atoms with Gasteiger partial charge in [0.15, 0.2) is 5.82 Å². The summed E-state index contributed by atoms with van der Waals surface area (Å²) in [5.74, 6) is -1.56. The molecule has 0 aliphatic carbocycles. The molecule has 0 spiro atoms. The summed E-state index contributed by atoms with van der Waals surface area (Å²) in [7, 11) is 0. The van der Waals surface area contributed by atoms with Gasteiger partial charge < -0.3 is 10.4 Å². The number of hydrogen-bond donors (Lipinski definition) is 2. The van der Waals surface area contributed by atoms with Crippen LogP contribution in [0, 0.1) is 0 Å². The average Bonchev–Trinajstić information content (AvgIpc) is 3.18. The lowest BCUT2D eigenvalue weighted by molar-refractivity contribution is -0.137. The number of nitrogens with zero attached hydrogens (tertiary/aromatic N) is 3. The van der Waals surface area contributed by atoms with Gasteiger partial charge in [0.25, 0.3) is 0 Å². The molecule has 12 heteroatoms. The number of nitrogens with one attached hydrogen (secondary N) is 1. The van der Waals surface area contributed by atoms with Gasteiger partial charge in [-0.1, -0.05) is 35.9 Å². The number of aromatic carboxylic acids is 1. The Kier molecular flexibility index (Phi) is 7.88. The van der Waals surface area contributed by atoms with Gasteiger partial charge in [0.2, 0.25) is 5.91 Å². The summed E-state index contributed by atoms with van der Waals surface area (Å²) >= 11 is 6.00. The van der Waals surface area contributed by atoms with E-state index < -0.39 is 41.4 Å². The van der Waals surface area contributed by atoms with Crippen molar-refractivity contribution >= 4 is 23.5 Å². The molecule has 1 amide bonds. The van der Waals surface area contributed by atoms with Crippen LogP contribution in [-0.4, -0.2) is 31.3 Å². The molecule has 0 saturated carbocycles. The highest BCUT2D eigenvalue weighted by molar-refractivity contribution is 6.30. The maximum atomic E-state index is 13.4. The lowest BCUT2D eigenvalue weighted by Gasteiger charge is -2.27. The highest BCUT2D eigenvalue weighted by Gasteiger charge is 2.32. The van der Waals surface area contributed by atoms with Gasteiger partial charge in [0.05, 0.1) is 23.2 Å². The Morgan fingerprint density at radius 2 is 1.62 bits per heavy atom. The number of aromatic nitrogens is 3. The maximum Gasteiger partial charge on any atom is 0.416 e. The third kappa shape index (κ3) is 6.42. The second-order valence-electron chi connectivity index (χ2n) is 9.61. The lowest BCUT2D eigenvalue weighted by atomic mass is 9.92. The zero-order valence-electron chi connectivity index (χ0n) is 21.4. The molecule has 4 aromatic rings. The summed E-state index contributed by atoms with van der Waals surface area (Å²) in [4.78, 5) is 37.8. The standard InChI is InChI=1S/C28H24ClF3N4O4/c1-27(2,20-7-4-8-21(14-20)28(30,31)32)33-23(37)16-36-26(40)35(15-17-5-3-6-19(13-17)25(38)39)24(34-36)18-9-11-22(29)12-10-18/h3-14H,15-16H2,1-2H3,(H,33,37)(H,38,39). The van der Waals surface area contributed by atoms with Gasteiger partial charge in [-0.25, -0.2) is 14.3 Å². The molecule has 0 bridgehead atoms. The zero-order chi connectivity index (χ0) is 29.2. The Morgan fingerprint density at radius 3 is 2.27 bits per heavy atom. The molecule has 1 aromatic heterocycles. The van der Waals surface area contributed by atoms with Crippen molar-refractivity contribution in [1.29, 1.82) is 0 Å². The SMILES string of the molecule is CC(C)(NC(=O)Cn1nc(-c2ccc(Cl)cc2)n(Cc2cccc(C(=O)O)c2)c1=O)c1cccc(C(F)(F)F)c1. The van der Waals surface area contributed by atoms with Crippen LogP contribution < -0.4 is 11.0 Å². The Morgan fingerprint density at radius 1 is 0.975 bits per heavy atom. The van der Waals surface area contributed by atoms with Crippen molar-refractivity contribution in [1.82, 2.24) is 19.7 Å². The summed E-state index contributed by atoms with van der Waals surface area (Å²) in [6.07, 6.45) is -4.54. The summed E-state index contributed by atoms with van der Waals surface area (Å²) in [5.41, 5.74) is -1.36. The molecule has 0 unspecified atom stereocenters. The minimum absolute atomic E-state index is 0.0325. The maximum absolute atomic E-state index is 13.4. The van der Waals surface area contributed by atoms with Gasteiger partial charge in [0.1, 0.15) is 6.54 Å². The van der Waals surface area contributed by atoms with Crippen LogP contribution >= 0.6 is 11.6 Å². The molecule has 4 rings (SSSR count). The summed E-state index contributed by atoms with van der Waals surface area (Å²) in [6.45, 7) is 2.56. The van der Waals surface area contributed by atoms with Crippen molar-refractivity contribution in [2.75, 3.05) is 0 Å². The van der Waals surface area contributed by atoms with E-state index in [4.69, 9.17) is 11.6 Å². The van der Waals surface area contributed by atoms with Crippen molar-refractivity contribution in [2.45, 2.75) is 38.7 Å². The molecule has 0 aliphatic rings. The van der Waals surface area contributed by atoms with E-state index in [-0.39, 0.29) is 23.5 Å². The van der Waals surface area contributed by atoms with Crippen LogP contribution in [0.15, 0.2) is 77.6 Å². The Balaban J connectivity index is 1.65. The molecule has 1 heterocycles. The number of benzene rings is 3. The molecule has 8 nitrogen and oxygen atoms in total. The van der Waals surface area contributed by atoms with E-state index in [2.05, 4.69) is 10.4 Å². The predicted octanol–water partition coefficient (Wildman–Crippen LogP) is 5.18. The predicted molar refractivity (Wildman–Crippen MR) is 142 cm³/mol. The zero-order valence-corrected chi connectivity index (χ0v) is 22.1.